The highest BCUT2D eigenvalue weighted by molar-refractivity contribution is 5.84. The van der Waals surface area contributed by atoms with Crippen molar-refractivity contribution < 1.29 is 9.90 Å². The molecule has 134 valence electrons. The molecule has 0 bridgehead atoms. The number of pyridine rings is 1. The second kappa shape index (κ2) is 6.34. The Balaban J connectivity index is 1.98. The number of carboxylic acid groups (broad SMARTS) is 1. The lowest BCUT2D eigenvalue weighted by molar-refractivity contribution is 0.210. The summed E-state index contributed by atoms with van der Waals surface area (Å²) in [5.41, 5.74) is 8.90. The van der Waals surface area contributed by atoms with Gasteiger partial charge in [-0.1, -0.05) is 6.07 Å². The number of nitrogens with two attached hydrogens (primary N) is 1. The Morgan fingerprint density at radius 2 is 1.74 bits per heavy atom. The maximum absolute atomic E-state index is 13.2. The molecule has 27 heavy (non-hydrogen) atoms. The van der Waals surface area contributed by atoms with Gasteiger partial charge in [-0.3, -0.25) is 19.4 Å². The summed E-state index contributed by atoms with van der Waals surface area (Å²) in [5, 5.41) is 11.2. The number of fused-ring (bicyclic) bond motifs is 1. The van der Waals surface area contributed by atoms with E-state index in [0.717, 1.165) is 0 Å². The average Bonchev–Trinajstić information content (AvgIpc) is 2.94. The minimum atomic E-state index is -1.17. The zero-order valence-electron chi connectivity index (χ0n) is 14.0. The van der Waals surface area contributed by atoms with Crippen LogP contribution in [0.5, 0.6) is 0 Å². The third-order valence-electron chi connectivity index (χ3n) is 4.15. The van der Waals surface area contributed by atoms with E-state index in [1.165, 1.54) is 4.57 Å². The molecule has 0 aliphatic carbocycles. The Morgan fingerprint density at radius 1 is 1.00 bits per heavy atom. The van der Waals surface area contributed by atoms with E-state index < -0.39 is 6.09 Å². The quantitative estimate of drug-likeness (QED) is 0.485. The average molecular weight is 361 g/mol. The zero-order chi connectivity index (χ0) is 19.0. The Bertz CT molecular complexity index is 1210. The SMILES string of the molecule is Nc1ccc(-n2c(=O)n(-c3cccc(NC(=O)O)c3)c3ccncc32)cc1. The van der Waals surface area contributed by atoms with Crippen LogP contribution in [0.15, 0.2) is 71.8 Å². The molecule has 1 amide bonds. The van der Waals surface area contributed by atoms with Crippen LogP contribution in [0.3, 0.4) is 0 Å². The largest absolute Gasteiger partial charge is 0.465 e. The molecule has 0 saturated heterocycles. The first-order valence-corrected chi connectivity index (χ1v) is 8.08. The van der Waals surface area contributed by atoms with Crippen LogP contribution in [0.2, 0.25) is 0 Å². The summed E-state index contributed by atoms with van der Waals surface area (Å²) in [6, 6.07) is 15.3. The summed E-state index contributed by atoms with van der Waals surface area (Å²) in [6.07, 6.45) is 2.04. The lowest BCUT2D eigenvalue weighted by atomic mass is 10.2. The lowest BCUT2D eigenvalue weighted by Gasteiger charge is -2.06. The van der Waals surface area contributed by atoms with Gasteiger partial charge in [-0.05, 0) is 48.5 Å². The number of nitrogen functional groups attached to an aromatic ring is 1. The van der Waals surface area contributed by atoms with E-state index in [9.17, 15) is 9.59 Å². The maximum atomic E-state index is 13.2. The van der Waals surface area contributed by atoms with Crippen LogP contribution in [0.25, 0.3) is 22.4 Å². The third-order valence-corrected chi connectivity index (χ3v) is 4.15. The van der Waals surface area contributed by atoms with Gasteiger partial charge in [0, 0.05) is 17.6 Å². The third kappa shape index (κ3) is 2.89. The van der Waals surface area contributed by atoms with E-state index in [1.807, 2.05) is 0 Å². The zero-order valence-corrected chi connectivity index (χ0v) is 14.0. The van der Waals surface area contributed by atoms with E-state index in [4.69, 9.17) is 10.8 Å². The number of aromatic nitrogens is 3. The van der Waals surface area contributed by atoms with Crippen LogP contribution >= 0.6 is 0 Å². The van der Waals surface area contributed by atoms with Gasteiger partial charge in [0.2, 0.25) is 0 Å². The molecule has 0 fully saturated rings. The number of carbonyl (C=O) groups is 1. The minimum absolute atomic E-state index is 0.296. The summed E-state index contributed by atoms with van der Waals surface area (Å²) >= 11 is 0. The summed E-state index contributed by atoms with van der Waals surface area (Å²) in [4.78, 5) is 28.3. The van der Waals surface area contributed by atoms with Gasteiger partial charge in [-0.2, -0.15) is 0 Å². The molecule has 0 spiro atoms. The fraction of sp³-hybridized carbons (Fsp3) is 0. The predicted octanol–water partition coefficient (Wildman–Crippen LogP) is 2.85. The Hall–Kier alpha value is -4.07. The minimum Gasteiger partial charge on any atom is -0.465 e. The van der Waals surface area contributed by atoms with Crippen molar-refractivity contribution in [3.8, 4) is 11.4 Å². The van der Waals surface area contributed by atoms with E-state index in [-0.39, 0.29) is 5.69 Å². The predicted molar refractivity (Wildman–Crippen MR) is 103 cm³/mol. The van der Waals surface area contributed by atoms with Crippen molar-refractivity contribution in [3.05, 3.63) is 77.5 Å². The number of benzene rings is 2. The molecular formula is C19H15N5O3. The van der Waals surface area contributed by atoms with Gasteiger partial charge >= 0.3 is 11.8 Å². The van der Waals surface area contributed by atoms with E-state index in [1.54, 1.807) is 71.6 Å². The lowest BCUT2D eigenvalue weighted by Crippen LogP contribution is -2.22. The molecule has 2 heterocycles. The van der Waals surface area contributed by atoms with Crippen LogP contribution in [0.4, 0.5) is 16.2 Å². The van der Waals surface area contributed by atoms with Crippen LogP contribution in [0, 0.1) is 0 Å². The van der Waals surface area contributed by atoms with E-state index >= 15 is 0 Å². The molecule has 4 N–H and O–H groups in total. The fourth-order valence-corrected chi connectivity index (χ4v) is 3.01. The summed E-state index contributed by atoms with van der Waals surface area (Å²) in [5.74, 6) is 0. The first-order chi connectivity index (χ1) is 13.0. The Morgan fingerprint density at radius 3 is 2.48 bits per heavy atom. The highest BCUT2D eigenvalue weighted by Gasteiger charge is 2.16. The van der Waals surface area contributed by atoms with Crippen molar-refractivity contribution in [1.82, 2.24) is 14.1 Å². The van der Waals surface area contributed by atoms with Gasteiger partial charge in [0.25, 0.3) is 0 Å². The van der Waals surface area contributed by atoms with Crippen molar-refractivity contribution in [2.45, 2.75) is 0 Å². The number of anilines is 2. The normalized spacial score (nSPS) is 10.8. The maximum Gasteiger partial charge on any atom is 0.409 e. The molecule has 0 saturated carbocycles. The van der Waals surface area contributed by atoms with E-state index in [0.29, 0.717) is 33.8 Å². The number of imidazole rings is 1. The molecule has 4 aromatic rings. The highest BCUT2D eigenvalue weighted by atomic mass is 16.4. The molecule has 0 radical (unpaired) electrons. The topological polar surface area (TPSA) is 115 Å². The standard InChI is InChI=1S/C19H15N5O3/c20-12-4-6-14(7-5-12)23-17-11-21-9-8-16(17)24(19(23)27)15-3-1-2-13(10-15)22-18(25)26/h1-11,22H,20H2,(H,25,26). The molecule has 0 aliphatic heterocycles. The second-order valence-corrected chi connectivity index (χ2v) is 5.89. The van der Waals surface area contributed by atoms with Crippen LogP contribution < -0.4 is 16.7 Å². The summed E-state index contributed by atoms with van der Waals surface area (Å²) in [7, 11) is 0. The van der Waals surface area contributed by atoms with Crippen molar-refractivity contribution in [3.63, 3.8) is 0 Å². The number of nitrogens with zero attached hydrogens (tertiary/aromatic N) is 3. The number of hydrogen-bond donors (Lipinski definition) is 3. The van der Waals surface area contributed by atoms with Gasteiger partial charge in [-0.25, -0.2) is 9.59 Å². The van der Waals surface area contributed by atoms with Gasteiger partial charge in [0.05, 0.1) is 28.6 Å². The number of rotatable bonds is 3. The fourth-order valence-electron chi connectivity index (χ4n) is 3.01. The van der Waals surface area contributed by atoms with Crippen molar-refractivity contribution in [2.24, 2.45) is 0 Å². The molecule has 2 aromatic carbocycles. The van der Waals surface area contributed by atoms with Gasteiger partial charge in [0.15, 0.2) is 0 Å². The van der Waals surface area contributed by atoms with Crippen molar-refractivity contribution >= 4 is 28.5 Å². The molecular weight excluding hydrogens is 346 g/mol. The molecule has 2 aromatic heterocycles. The Labute approximate surface area is 153 Å². The van der Waals surface area contributed by atoms with E-state index in [2.05, 4.69) is 10.3 Å². The van der Waals surface area contributed by atoms with Gasteiger partial charge in [0.1, 0.15) is 0 Å². The van der Waals surface area contributed by atoms with Crippen LogP contribution in [0.1, 0.15) is 0 Å². The van der Waals surface area contributed by atoms with Crippen LogP contribution in [-0.2, 0) is 0 Å². The molecule has 0 unspecified atom stereocenters. The molecule has 0 atom stereocenters. The Kier molecular flexibility index (Phi) is 3.85. The number of nitrogens with one attached hydrogen (secondary N) is 1. The van der Waals surface area contributed by atoms with Gasteiger partial charge < -0.3 is 10.8 Å². The van der Waals surface area contributed by atoms with Crippen molar-refractivity contribution in [1.29, 1.82) is 0 Å². The highest BCUT2D eigenvalue weighted by Crippen LogP contribution is 2.22. The first-order valence-electron chi connectivity index (χ1n) is 8.08. The second-order valence-electron chi connectivity index (χ2n) is 5.89. The van der Waals surface area contributed by atoms with Gasteiger partial charge in [-0.15, -0.1) is 0 Å². The molecule has 8 nitrogen and oxygen atoms in total. The summed E-state index contributed by atoms with van der Waals surface area (Å²) < 4.78 is 3.06. The summed E-state index contributed by atoms with van der Waals surface area (Å²) in [6.45, 7) is 0. The van der Waals surface area contributed by atoms with Crippen LogP contribution in [-0.4, -0.2) is 25.3 Å². The van der Waals surface area contributed by atoms with Crippen molar-refractivity contribution in [2.75, 3.05) is 11.1 Å². The monoisotopic (exact) mass is 361 g/mol. The smallest absolute Gasteiger partial charge is 0.409 e. The number of hydrogen-bond acceptors (Lipinski definition) is 4. The molecule has 8 heteroatoms. The molecule has 0 aliphatic rings. The molecule has 4 rings (SSSR count). The first kappa shape index (κ1) is 16.4. The number of amides is 1.